The van der Waals surface area contributed by atoms with Crippen molar-refractivity contribution < 1.29 is 13.9 Å². The number of carbonyl (C=O) groups excluding carboxylic acids is 1. The molecular formula is C25H19ClN2O4. The van der Waals surface area contributed by atoms with E-state index in [2.05, 4.69) is 4.98 Å². The first kappa shape index (κ1) is 20.3. The molecule has 0 fully saturated rings. The van der Waals surface area contributed by atoms with E-state index in [9.17, 15) is 9.59 Å². The third-order valence-corrected chi connectivity index (χ3v) is 5.61. The number of anilines is 1. The van der Waals surface area contributed by atoms with Gasteiger partial charge in [0.25, 0.3) is 5.91 Å². The molecule has 160 valence electrons. The summed E-state index contributed by atoms with van der Waals surface area (Å²) in [6.45, 7) is 2.60. The molecular weight excluding hydrogens is 428 g/mol. The minimum Gasteiger partial charge on any atom is -0.494 e. The maximum atomic E-state index is 13.5. The summed E-state index contributed by atoms with van der Waals surface area (Å²) in [6.07, 6.45) is 2.34. The second-order valence-corrected chi connectivity index (χ2v) is 7.94. The number of ether oxygens (including phenoxy) is 1. The largest absolute Gasteiger partial charge is 0.494 e. The van der Waals surface area contributed by atoms with Crippen LogP contribution in [0.4, 0.5) is 5.82 Å². The van der Waals surface area contributed by atoms with Gasteiger partial charge in [0.05, 0.1) is 28.6 Å². The van der Waals surface area contributed by atoms with Crippen molar-refractivity contribution in [2.24, 2.45) is 0 Å². The van der Waals surface area contributed by atoms with Gasteiger partial charge >= 0.3 is 0 Å². The minimum atomic E-state index is -0.711. The summed E-state index contributed by atoms with van der Waals surface area (Å²) in [7, 11) is 0. The molecule has 0 radical (unpaired) electrons. The van der Waals surface area contributed by atoms with E-state index in [0.717, 1.165) is 12.0 Å². The van der Waals surface area contributed by atoms with Crippen LogP contribution in [0.15, 0.2) is 76.1 Å². The Morgan fingerprint density at radius 2 is 1.94 bits per heavy atom. The standard InChI is InChI=1S/C25H19ClN2O4/c1-2-12-31-17-7-5-6-15(13-17)22-21-23(29)18-8-3-4-9-19(18)32-24(21)25(30)28(22)20-11-10-16(26)14-27-20/h3-11,13-14,22H,2,12H2,1H3/t22-/m0/s1. The van der Waals surface area contributed by atoms with Gasteiger partial charge in [-0.1, -0.05) is 42.8 Å². The van der Waals surface area contributed by atoms with E-state index >= 15 is 0 Å². The fourth-order valence-corrected chi connectivity index (χ4v) is 4.09. The van der Waals surface area contributed by atoms with Gasteiger partial charge < -0.3 is 9.15 Å². The number of halogens is 1. The Balaban J connectivity index is 1.75. The van der Waals surface area contributed by atoms with Crippen molar-refractivity contribution in [1.29, 1.82) is 0 Å². The van der Waals surface area contributed by atoms with Crippen molar-refractivity contribution in [1.82, 2.24) is 4.98 Å². The van der Waals surface area contributed by atoms with Gasteiger partial charge in [0, 0.05) is 6.20 Å². The predicted octanol–water partition coefficient (Wildman–Crippen LogP) is 5.38. The molecule has 0 N–H and O–H groups in total. The van der Waals surface area contributed by atoms with Gasteiger partial charge in [-0.15, -0.1) is 0 Å². The third kappa shape index (κ3) is 3.33. The lowest BCUT2D eigenvalue weighted by molar-refractivity contribution is 0.0970. The van der Waals surface area contributed by atoms with Crippen molar-refractivity contribution in [3.63, 3.8) is 0 Å². The summed E-state index contributed by atoms with van der Waals surface area (Å²) in [6, 6.07) is 16.9. The first-order valence-electron chi connectivity index (χ1n) is 10.3. The van der Waals surface area contributed by atoms with E-state index in [4.69, 9.17) is 20.8 Å². The summed E-state index contributed by atoms with van der Waals surface area (Å²) in [5.74, 6) is 0.636. The zero-order chi connectivity index (χ0) is 22.2. The first-order chi connectivity index (χ1) is 15.6. The van der Waals surface area contributed by atoms with Crippen molar-refractivity contribution in [3.8, 4) is 5.75 Å². The second-order valence-electron chi connectivity index (χ2n) is 7.50. The minimum absolute atomic E-state index is 0.0235. The highest BCUT2D eigenvalue weighted by molar-refractivity contribution is 6.30. The van der Waals surface area contributed by atoms with E-state index in [1.165, 1.54) is 11.1 Å². The smallest absolute Gasteiger partial charge is 0.296 e. The number of fused-ring (bicyclic) bond motifs is 2. The Morgan fingerprint density at radius 1 is 1.09 bits per heavy atom. The molecule has 0 spiro atoms. The number of para-hydroxylation sites is 1. The quantitative estimate of drug-likeness (QED) is 0.411. The number of carbonyl (C=O) groups is 1. The molecule has 1 aliphatic heterocycles. The highest BCUT2D eigenvalue weighted by atomic mass is 35.5. The molecule has 32 heavy (non-hydrogen) atoms. The molecule has 1 aliphatic rings. The van der Waals surface area contributed by atoms with Gasteiger partial charge in [0.2, 0.25) is 5.76 Å². The normalized spacial score (nSPS) is 15.2. The van der Waals surface area contributed by atoms with E-state index < -0.39 is 11.9 Å². The van der Waals surface area contributed by atoms with Gasteiger partial charge in [0.15, 0.2) is 5.43 Å². The second kappa shape index (κ2) is 8.13. The maximum absolute atomic E-state index is 13.5. The summed E-state index contributed by atoms with van der Waals surface area (Å²) < 4.78 is 11.7. The van der Waals surface area contributed by atoms with E-state index in [1.807, 2.05) is 31.2 Å². The number of hydrogen-bond donors (Lipinski definition) is 0. The lowest BCUT2D eigenvalue weighted by Gasteiger charge is -2.24. The molecule has 5 rings (SSSR count). The van der Waals surface area contributed by atoms with E-state index in [1.54, 1.807) is 36.4 Å². The molecule has 0 saturated heterocycles. The lowest BCUT2D eigenvalue weighted by Crippen LogP contribution is -2.30. The van der Waals surface area contributed by atoms with Crippen LogP contribution in [0.5, 0.6) is 5.75 Å². The van der Waals surface area contributed by atoms with Crippen LogP contribution >= 0.6 is 11.6 Å². The summed E-state index contributed by atoms with van der Waals surface area (Å²) in [4.78, 5) is 32.8. The third-order valence-electron chi connectivity index (χ3n) is 5.38. The zero-order valence-corrected chi connectivity index (χ0v) is 18.0. The Bertz CT molecular complexity index is 1380. The molecule has 1 amide bonds. The maximum Gasteiger partial charge on any atom is 0.296 e. The van der Waals surface area contributed by atoms with Crippen molar-refractivity contribution in [3.05, 3.63) is 99.0 Å². The van der Waals surface area contributed by atoms with Crippen LogP contribution < -0.4 is 15.1 Å². The first-order valence-corrected chi connectivity index (χ1v) is 10.7. The van der Waals surface area contributed by atoms with Gasteiger partial charge in [-0.05, 0) is 48.4 Å². The lowest BCUT2D eigenvalue weighted by atomic mass is 9.98. The molecule has 6 nitrogen and oxygen atoms in total. The van der Waals surface area contributed by atoms with Crippen LogP contribution in [0.25, 0.3) is 11.0 Å². The van der Waals surface area contributed by atoms with Crippen LogP contribution in [-0.4, -0.2) is 17.5 Å². The monoisotopic (exact) mass is 446 g/mol. The van der Waals surface area contributed by atoms with E-state index in [-0.39, 0.29) is 16.8 Å². The molecule has 2 aromatic carbocycles. The van der Waals surface area contributed by atoms with Gasteiger partial charge in [0.1, 0.15) is 17.2 Å². The molecule has 0 bridgehead atoms. The van der Waals surface area contributed by atoms with Crippen LogP contribution in [0.2, 0.25) is 5.02 Å². The van der Waals surface area contributed by atoms with Crippen molar-refractivity contribution >= 4 is 34.3 Å². The van der Waals surface area contributed by atoms with Crippen LogP contribution in [0, 0.1) is 0 Å². The topological polar surface area (TPSA) is 72.6 Å². The fourth-order valence-electron chi connectivity index (χ4n) is 3.98. The average Bonchev–Trinajstić information content (AvgIpc) is 3.11. The number of hydrogen-bond acceptors (Lipinski definition) is 5. The van der Waals surface area contributed by atoms with Crippen LogP contribution in [-0.2, 0) is 0 Å². The van der Waals surface area contributed by atoms with Crippen molar-refractivity contribution in [2.45, 2.75) is 19.4 Å². The number of rotatable bonds is 5. The number of nitrogens with zero attached hydrogens (tertiary/aromatic N) is 2. The van der Waals surface area contributed by atoms with Gasteiger partial charge in [-0.2, -0.15) is 0 Å². The summed E-state index contributed by atoms with van der Waals surface area (Å²) in [5, 5.41) is 0.873. The highest BCUT2D eigenvalue weighted by Gasteiger charge is 2.44. The summed E-state index contributed by atoms with van der Waals surface area (Å²) in [5.41, 5.74) is 1.15. The Hall–Kier alpha value is -3.64. The fraction of sp³-hybridized carbons (Fsp3) is 0.160. The number of benzene rings is 2. The molecule has 0 unspecified atom stereocenters. The van der Waals surface area contributed by atoms with Crippen molar-refractivity contribution in [2.75, 3.05) is 11.5 Å². The molecule has 2 aromatic heterocycles. The number of amides is 1. The van der Waals surface area contributed by atoms with Gasteiger partial charge in [-0.3, -0.25) is 14.5 Å². The average molecular weight is 447 g/mol. The van der Waals surface area contributed by atoms with Crippen LogP contribution in [0.3, 0.4) is 0 Å². The number of pyridine rings is 1. The zero-order valence-electron chi connectivity index (χ0n) is 17.2. The summed E-state index contributed by atoms with van der Waals surface area (Å²) >= 11 is 6.01. The molecule has 0 aliphatic carbocycles. The van der Waals surface area contributed by atoms with Gasteiger partial charge in [-0.25, -0.2) is 4.98 Å². The van der Waals surface area contributed by atoms with Crippen LogP contribution in [0.1, 0.15) is 41.1 Å². The molecule has 0 saturated carbocycles. The van der Waals surface area contributed by atoms with E-state index in [0.29, 0.717) is 34.2 Å². The predicted molar refractivity (Wildman–Crippen MR) is 123 cm³/mol. The Kier molecular flexibility index (Phi) is 5.15. The molecule has 1 atom stereocenters. The molecule has 4 aromatic rings. The molecule has 7 heteroatoms. The Labute approximate surface area is 189 Å². The Morgan fingerprint density at radius 3 is 2.72 bits per heavy atom. The number of aromatic nitrogens is 1. The molecule has 3 heterocycles. The highest BCUT2D eigenvalue weighted by Crippen LogP contribution is 2.41. The SMILES string of the molecule is CCCOc1cccc([C@H]2c3c(oc4ccccc4c3=O)C(=O)N2c2ccc(Cl)cn2)c1.